The minimum atomic E-state index is -3.57. The first kappa shape index (κ1) is 15.2. The molecule has 0 aromatic heterocycles. The van der Waals surface area contributed by atoms with Gasteiger partial charge in [-0.1, -0.05) is 0 Å². The minimum Gasteiger partial charge on any atom is -0.497 e. The van der Waals surface area contributed by atoms with Gasteiger partial charge in [-0.25, -0.2) is 8.42 Å². The highest BCUT2D eigenvalue weighted by Crippen LogP contribution is 2.24. The van der Waals surface area contributed by atoms with Gasteiger partial charge in [0.25, 0.3) is 10.0 Å². The summed E-state index contributed by atoms with van der Waals surface area (Å²) in [6.45, 7) is 0. The number of ether oxygens (including phenoxy) is 1. The van der Waals surface area contributed by atoms with Crippen LogP contribution in [0, 0.1) is 0 Å². The van der Waals surface area contributed by atoms with Crippen LogP contribution in [-0.2, 0) is 10.0 Å². The standard InChI is InChI=1S/C15H18N2O3S/c1-16-12-4-10-15(11-5-12)21(18,19)17(2)13-6-8-14(20-3)9-7-13/h4-11,16H,1-3H3. The lowest BCUT2D eigenvalue weighted by Crippen LogP contribution is -2.26. The average molecular weight is 306 g/mol. The zero-order valence-corrected chi connectivity index (χ0v) is 13.0. The molecule has 0 bridgehead atoms. The van der Waals surface area contributed by atoms with Crippen LogP contribution in [0.3, 0.4) is 0 Å². The highest BCUT2D eigenvalue weighted by molar-refractivity contribution is 7.92. The van der Waals surface area contributed by atoms with E-state index >= 15 is 0 Å². The van der Waals surface area contributed by atoms with E-state index in [4.69, 9.17) is 4.74 Å². The van der Waals surface area contributed by atoms with Gasteiger partial charge in [0.2, 0.25) is 0 Å². The summed E-state index contributed by atoms with van der Waals surface area (Å²) in [6, 6.07) is 13.5. The molecule has 2 aromatic carbocycles. The van der Waals surface area contributed by atoms with Crippen LogP contribution in [0.5, 0.6) is 5.75 Å². The number of anilines is 2. The second-order valence-electron chi connectivity index (χ2n) is 4.44. The summed E-state index contributed by atoms with van der Waals surface area (Å²) in [5.74, 6) is 0.683. The second-order valence-corrected chi connectivity index (χ2v) is 6.41. The first-order valence-electron chi connectivity index (χ1n) is 6.40. The fourth-order valence-corrected chi connectivity index (χ4v) is 3.08. The molecule has 0 spiro atoms. The topological polar surface area (TPSA) is 58.6 Å². The van der Waals surface area contributed by atoms with Crippen molar-refractivity contribution < 1.29 is 13.2 Å². The second kappa shape index (κ2) is 6.05. The highest BCUT2D eigenvalue weighted by atomic mass is 32.2. The van der Waals surface area contributed by atoms with E-state index < -0.39 is 10.0 Å². The number of nitrogens with one attached hydrogen (secondary N) is 1. The molecule has 1 N–H and O–H groups in total. The summed E-state index contributed by atoms with van der Waals surface area (Å²) in [5, 5.41) is 2.96. The van der Waals surface area contributed by atoms with Gasteiger partial charge in [0.05, 0.1) is 17.7 Å². The number of nitrogens with zero attached hydrogens (tertiary/aromatic N) is 1. The largest absolute Gasteiger partial charge is 0.497 e. The molecule has 5 nitrogen and oxygen atoms in total. The summed E-state index contributed by atoms with van der Waals surface area (Å²) in [7, 11) is 1.31. The minimum absolute atomic E-state index is 0.250. The molecular formula is C15H18N2O3S. The Morgan fingerprint density at radius 3 is 2.05 bits per heavy atom. The molecule has 0 aliphatic heterocycles. The van der Waals surface area contributed by atoms with Crippen molar-refractivity contribution in [1.82, 2.24) is 0 Å². The molecule has 0 saturated heterocycles. The van der Waals surface area contributed by atoms with E-state index in [1.807, 2.05) is 0 Å². The van der Waals surface area contributed by atoms with Crippen molar-refractivity contribution in [2.45, 2.75) is 4.90 Å². The van der Waals surface area contributed by atoms with Crippen molar-refractivity contribution in [3.8, 4) is 5.75 Å². The molecule has 0 amide bonds. The SMILES string of the molecule is CNc1ccc(S(=O)(=O)N(C)c2ccc(OC)cc2)cc1. The zero-order valence-electron chi connectivity index (χ0n) is 12.2. The Hall–Kier alpha value is -2.21. The monoisotopic (exact) mass is 306 g/mol. The normalized spacial score (nSPS) is 11.0. The van der Waals surface area contributed by atoms with Gasteiger partial charge in [0, 0.05) is 19.8 Å². The molecule has 0 aliphatic carbocycles. The van der Waals surface area contributed by atoms with E-state index in [2.05, 4.69) is 5.32 Å². The van der Waals surface area contributed by atoms with E-state index in [0.29, 0.717) is 11.4 Å². The quantitative estimate of drug-likeness (QED) is 0.922. The maximum atomic E-state index is 12.6. The summed E-state index contributed by atoms with van der Waals surface area (Å²) in [5.41, 5.74) is 1.44. The van der Waals surface area contributed by atoms with E-state index in [1.54, 1.807) is 62.7 Å². The van der Waals surface area contributed by atoms with Gasteiger partial charge < -0.3 is 10.1 Å². The van der Waals surface area contributed by atoms with Crippen LogP contribution in [0.1, 0.15) is 0 Å². The number of hydrogen-bond acceptors (Lipinski definition) is 4. The maximum Gasteiger partial charge on any atom is 0.264 e. The van der Waals surface area contributed by atoms with Crippen LogP contribution in [0.25, 0.3) is 0 Å². The lowest BCUT2D eigenvalue weighted by molar-refractivity contribution is 0.415. The highest BCUT2D eigenvalue weighted by Gasteiger charge is 2.21. The van der Waals surface area contributed by atoms with Crippen LogP contribution in [-0.4, -0.2) is 29.6 Å². The average Bonchev–Trinajstić information content (AvgIpc) is 2.54. The molecule has 2 aromatic rings. The van der Waals surface area contributed by atoms with Crippen LogP contribution in [0.15, 0.2) is 53.4 Å². The smallest absolute Gasteiger partial charge is 0.264 e. The van der Waals surface area contributed by atoms with Crippen molar-refractivity contribution in [3.63, 3.8) is 0 Å². The molecule has 112 valence electrons. The third-order valence-corrected chi connectivity index (χ3v) is 5.04. The summed E-state index contributed by atoms with van der Waals surface area (Å²) in [6.07, 6.45) is 0. The van der Waals surface area contributed by atoms with Gasteiger partial charge in [-0.3, -0.25) is 4.31 Å². The molecule has 0 radical (unpaired) electrons. The van der Waals surface area contributed by atoms with Gasteiger partial charge in [0.15, 0.2) is 0 Å². The van der Waals surface area contributed by atoms with E-state index in [-0.39, 0.29) is 4.90 Å². The van der Waals surface area contributed by atoms with Gasteiger partial charge in [-0.15, -0.1) is 0 Å². The number of methoxy groups -OCH3 is 1. The Balaban J connectivity index is 2.32. The third-order valence-electron chi connectivity index (χ3n) is 3.24. The Labute approximate surface area is 125 Å². The molecular weight excluding hydrogens is 288 g/mol. The fourth-order valence-electron chi connectivity index (χ4n) is 1.88. The van der Waals surface area contributed by atoms with Crippen LogP contribution in [0.4, 0.5) is 11.4 Å². The lowest BCUT2D eigenvalue weighted by Gasteiger charge is -2.20. The fraction of sp³-hybridized carbons (Fsp3) is 0.200. The van der Waals surface area contributed by atoms with Crippen molar-refractivity contribution in [2.75, 3.05) is 30.8 Å². The first-order chi connectivity index (χ1) is 9.98. The summed E-state index contributed by atoms with van der Waals surface area (Å²) >= 11 is 0. The predicted molar refractivity (Wildman–Crippen MR) is 84.6 cm³/mol. The van der Waals surface area contributed by atoms with E-state index in [1.165, 1.54) is 11.4 Å². The van der Waals surface area contributed by atoms with Crippen molar-refractivity contribution in [3.05, 3.63) is 48.5 Å². The molecule has 0 aliphatic rings. The van der Waals surface area contributed by atoms with Crippen LogP contribution < -0.4 is 14.4 Å². The maximum absolute atomic E-state index is 12.6. The predicted octanol–water partition coefficient (Wildman–Crippen LogP) is 2.56. The summed E-state index contributed by atoms with van der Waals surface area (Å²) in [4.78, 5) is 0.250. The zero-order chi connectivity index (χ0) is 15.5. The Morgan fingerprint density at radius 2 is 1.57 bits per heavy atom. The molecule has 0 unspecified atom stereocenters. The van der Waals surface area contributed by atoms with Crippen molar-refractivity contribution in [1.29, 1.82) is 0 Å². The molecule has 21 heavy (non-hydrogen) atoms. The Kier molecular flexibility index (Phi) is 4.37. The van der Waals surface area contributed by atoms with Crippen molar-refractivity contribution >= 4 is 21.4 Å². The Morgan fingerprint density at radius 1 is 1.00 bits per heavy atom. The molecule has 0 atom stereocenters. The molecule has 0 fully saturated rings. The molecule has 0 heterocycles. The molecule has 6 heteroatoms. The van der Waals surface area contributed by atoms with E-state index in [0.717, 1.165) is 5.69 Å². The molecule has 0 saturated carbocycles. The first-order valence-corrected chi connectivity index (χ1v) is 7.84. The number of hydrogen-bond donors (Lipinski definition) is 1. The van der Waals surface area contributed by atoms with Crippen LogP contribution >= 0.6 is 0 Å². The molecule has 2 rings (SSSR count). The number of benzene rings is 2. The van der Waals surface area contributed by atoms with Crippen LogP contribution in [0.2, 0.25) is 0 Å². The third kappa shape index (κ3) is 3.11. The summed E-state index contributed by atoms with van der Waals surface area (Å²) < 4.78 is 31.4. The van der Waals surface area contributed by atoms with Gasteiger partial charge in [-0.05, 0) is 48.5 Å². The van der Waals surface area contributed by atoms with Gasteiger partial charge in [-0.2, -0.15) is 0 Å². The Bertz CT molecular complexity index is 695. The van der Waals surface area contributed by atoms with Crippen molar-refractivity contribution in [2.24, 2.45) is 0 Å². The lowest BCUT2D eigenvalue weighted by atomic mass is 10.3. The van der Waals surface area contributed by atoms with Gasteiger partial charge in [0.1, 0.15) is 5.75 Å². The number of sulfonamides is 1. The van der Waals surface area contributed by atoms with E-state index in [9.17, 15) is 8.42 Å². The van der Waals surface area contributed by atoms with Gasteiger partial charge >= 0.3 is 0 Å². The number of rotatable bonds is 5.